The molecule has 0 aromatic heterocycles. The van der Waals surface area contributed by atoms with Crippen LogP contribution in [0.3, 0.4) is 0 Å². The van der Waals surface area contributed by atoms with Crippen molar-refractivity contribution in [1.82, 2.24) is 14.7 Å². The van der Waals surface area contributed by atoms with Crippen molar-refractivity contribution in [2.45, 2.75) is 19.8 Å². The Morgan fingerprint density at radius 2 is 1.79 bits per heavy atom. The van der Waals surface area contributed by atoms with Gasteiger partial charge < -0.3 is 20.0 Å². The highest BCUT2D eigenvalue weighted by atomic mass is 32.1. The second-order valence-corrected chi connectivity index (χ2v) is 7.13. The summed E-state index contributed by atoms with van der Waals surface area (Å²) in [5.41, 5.74) is 2.24. The molecule has 0 spiro atoms. The first kappa shape index (κ1) is 18.7. The normalized spacial score (nSPS) is 15.5. The molecule has 0 unspecified atom stereocenters. The zero-order chi connectivity index (χ0) is 17.7. The maximum absolute atomic E-state index is 12.4. The maximum atomic E-state index is 12.4. The number of hydrogen-bond acceptors (Lipinski definition) is 3. The zero-order valence-electron chi connectivity index (χ0n) is 15.1. The van der Waals surface area contributed by atoms with Crippen LogP contribution in [0.15, 0.2) is 24.3 Å². The van der Waals surface area contributed by atoms with Crippen LogP contribution in [0.25, 0.3) is 0 Å². The minimum atomic E-state index is 0.130. The minimum Gasteiger partial charge on any atom is -0.343 e. The lowest BCUT2D eigenvalue weighted by molar-refractivity contribution is -0.132. The average molecular weight is 349 g/mol. The van der Waals surface area contributed by atoms with Crippen molar-refractivity contribution in [3.8, 4) is 0 Å². The first-order valence-electron chi connectivity index (χ1n) is 8.45. The average Bonchev–Trinajstić information content (AvgIpc) is 2.55. The summed E-state index contributed by atoms with van der Waals surface area (Å²) in [6.07, 6.45) is 0. The molecule has 6 heteroatoms. The van der Waals surface area contributed by atoms with E-state index in [0.29, 0.717) is 17.6 Å². The molecule has 1 aliphatic rings. The number of anilines is 1. The zero-order valence-corrected chi connectivity index (χ0v) is 15.9. The molecule has 1 heterocycles. The molecule has 1 saturated heterocycles. The fraction of sp³-hybridized carbons (Fsp3) is 0.556. The third kappa shape index (κ3) is 5.18. The lowest BCUT2D eigenvalue weighted by Crippen LogP contribution is -2.50. The van der Waals surface area contributed by atoms with Gasteiger partial charge in [-0.05, 0) is 42.9 Å². The number of piperazine rings is 1. The smallest absolute Gasteiger partial charge is 0.242 e. The highest BCUT2D eigenvalue weighted by Gasteiger charge is 2.20. The van der Waals surface area contributed by atoms with Gasteiger partial charge >= 0.3 is 0 Å². The second-order valence-electron chi connectivity index (χ2n) is 6.75. The lowest BCUT2D eigenvalue weighted by Gasteiger charge is -2.33. The topological polar surface area (TPSA) is 38.8 Å². The first-order chi connectivity index (χ1) is 11.4. The molecule has 132 valence electrons. The van der Waals surface area contributed by atoms with Crippen LogP contribution >= 0.6 is 12.2 Å². The molecule has 5 nitrogen and oxygen atoms in total. The van der Waals surface area contributed by atoms with E-state index in [4.69, 9.17) is 12.2 Å². The summed E-state index contributed by atoms with van der Waals surface area (Å²) in [6, 6.07) is 8.26. The fourth-order valence-corrected chi connectivity index (χ4v) is 2.78. The molecular weight excluding hydrogens is 320 g/mol. The van der Waals surface area contributed by atoms with Gasteiger partial charge in [0.05, 0.1) is 6.54 Å². The maximum Gasteiger partial charge on any atom is 0.242 e. The molecule has 1 aromatic carbocycles. The van der Waals surface area contributed by atoms with E-state index in [1.54, 1.807) is 4.90 Å². The molecule has 0 saturated carbocycles. The Kier molecular flexibility index (Phi) is 6.57. The highest BCUT2D eigenvalue weighted by Crippen LogP contribution is 2.17. The van der Waals surface area contributed by atoms with E-state index < -0.39 is 0 Å². The molecule has 0 bridgehead atoms. The van der Waals surface area contributed by atoms with Gasteiger partial charge in [-0.15, -0.1) is 0 Å². The largest absolute Gasteiger partial charge is 0.343 e. The Hall–Kier alpha value is -1.66. The second kappa shape index (κ2) is 8.44. The van der Waals surface area contributed by atoms with Gasteiger partial charge in [-0.3, -0.25) is 4.79 Å². The summed E-state index contributed by atoms with van der Waals surface area (Å²) >= 11 is 5.42. The van der Waals surface area contributed by atoms with Gasteiger partial charge in [0.2, 0.25) is 5.91 Å². The van der Waals surface area contributed by atoms with E-state index in [1.165, 1.54) is 5.56 Å². The van der Waals surface area contributed by atoms with E-state index in [2.05, 4.69) is 43.2 Å². The van der Waals surface area contributed by atoms with Gasteiger partial charge in [0.1, 0.15) is 0 Å². The highest BCUT2D eigenvalue weighted by molar-refractivity contribution is 7.80. The SMILES string of the molecule is CC(C)c1ccc(NC(=S)N(C)CC(=O)N2CCN(C)CC2)cc1. The molecule has 0 radical (unpaired) electrons. The quantitative estimate of drug-likeness (QED) is 0.845. The van der Waals surface area contributed by atoms with Gasteiger partial charge in [-0.1, -0.05) is 26.0 Å². The van der Waals surface area contributed by atoms with Crippen molar-refractivity contribution in [1.29, 1.82) is 0 Å². The van der Waals surface area contributed by atoms with Crippen LogP contribution in [0.4, 0.5) is 5.69 Å². The van der Waals surface area contributed by atoms with Crippen molar-refractivity contribution in [3.05, 3.63) is 29.8 Å². The summed E-state index contributed by atoms with van der Waals surface area (Å²) in [5.74, 6) is 0.639. The molecule has 24 heavy (non-hydrogen) atoms. The molecule has 1 fully saturated rings. The van der Waals surface area contributed by atoms with Crippen molar-refractivity contribution in [2.24, 2.45) is 0 Å². The summed E-state index contributed by atoms with van der Waals surface area (Å²) in [4.78, 5) is 18.3. The van der Waals surface area contributed by atoms with Gasteiger partial charge in [0.15, 0.2) is 5.11 Å². The minimum absolute atomic E-state index is 0.130. The number of likely N-dealkylation sites (N-methyl/N-ethyl adjacent to an activating group) is 2. The monoisotopic (exact) mass is 348 g/mol. The molecule has 1 N–H and O–H groups in total. The van der Waals surface area contributed by atoms with Gasteiger partial charge in [0, 0.05) is 38.9 Å². The number of carbonyl (C=O) groups excluding carboxylic acids is 1. The Labute approximate surface area is 150 Å². The molecule has 0 aliphatic carbocycles. The van der Waals surface area contributed by atoms with Crippen LogP contribution in [0.2, 0.25) is 0 Å². The fourth-order valence-electron chi connectivity index (χ4n) is 2.60. The van der Waals surface area contributed by atoms with E-state index in [-0.39, 0.29) is 5.91 Å². The summed E-state index contributed by atoms with van der Waals surface area (Å²) < 4.78 is 0. The third-order valence-corrected chi connectivity index (χ3v) is 4.82. The summed E-state index contributed by atoms with van der Waals surface area (Å²) in [6.45, 7) is 8.09. The summed E-state index contributed by atoms with van der Waals surface area (Å²) in [5, 5.41) is 3.77. The molecule has 2 rings (SSSR count). The standard InChI is InChI=1S/C18H28N4OS/c1-14(2)15-5-7-16(8-6-15)19-18(24)21(4)13-17(23)22-11-9-20(3)10-12-22/h5-8,14H,9-13H2,1-4H3,(H,19,24). The predicted octanol–water partition coefficient (Wildman–Crippen LogP) is 2.21. The van der Waals surface area contributed by atoms with Crippen molar-refractivity contribution < 1.29 is 4.79 Å². The Morgan fingerprint density at radius 3 is 2.33 bits per heavy atom. The number of rotatable bonds is 4. The van der Waals surface area contributed by atoms with Crippen LogP contribution in [-0.2, 0) is 4.79 Å². The van der Waals surface area contributed by atoms with Crippen molar-refractivity contribution >= 4 is 28.9 Å². The summed E-state index contributed by atoms with van der Waals surface area (Å²) in [7, 11) is 3.93. The molecule has 0 atom stereocenters. The van der Waals surface area contributed by atoms with Gasteiger partial charge in [0.25, 0.3) is 0 Å². The number of nitrogens with zero attached hydrogens (tertiary/aromatic N) is 3. The third-order valence-electron chi connectivity index (χ3n) is 4.40. The number of benzene rings is 1. The molecule has 1 aliphatic heterocycles. The predicted molar refractivity (Wildman–Crippen MR) is 103 cm³/mol. The van der Waals surface area contributed by atoms with Gasteiger partial charge in [-0.2, -0.15) is 0 Å². The Morgan fingerprint density at radius 1 is 1.21 bits per heavy atom. The first-order valence-corrected chi connectivity index (χ1v) is 8.86. The van der Waals surface area contributed by atoms with Crippen molar-refractivity contribution in [3.63, 3.8) is 0 Å². The number of hydrogen-bond donors (Lipinski definition) is 1. The number of thiocarbonyl (C=S) groups is 1. The van der Waals surface area contributed by atoms with E-state index >= 15 is 0 Å². The molecule has 1 amide bonds. The lowest BCUT2D eigenvalue weighted by atomic mass is 10.0. The molecular formula is C18H28N4OS. The van der Waals surface area contributed by atoms with Crippen molar-refractivity contribution in [2.75, 3.05) is 52.1 Å². The van der Waals surface area contributed by atoms with E-state index in [1.807, 2.05) is 24.1 Å². The van der Waals surface area contributed by atoms with E-state index in [0.717, 1.165) is 31.9 Å². The van der Waals surface area contributed by atoms with Crippen LogP contribution in [0.1, 0.15) is 25.3 Å². The number of carbonyl (C=O) groups is 1. The number of nitrogens with one attached hydrogen (secondary N) is 1. The van der Waals surface area contributed by atoms with Crippen LogP contribution in [-0.4, -0.2) is 72.5 Å². The van der Waals surface area contributed by atoms with Crippen LogP contribution in [0, 0.1) is 0 Å². The van der Waals surface area contributed by atoms with Crippen LogP contribution < -0.4 is 5.32 Å². The molecule has 1 aromatic rings. The van der Waals surface area contributed by atoms with Crippen LogP contribution in [0.5, 0.6) is 0 Å². The Bertz CT molecular complexity index is 565. The number of amides is 1. The van der Waals surface area contributed by atoms with E-state index in [9.17, 15) is 4.79 Å². The Balaban J connectivity index is 1.84. The van der Waals surface area contributed by atoms with Gasteiger partial charge in [-0.25, -0.2) is 0 Å².